The summed E-state index contributed by atoms with van der Waals surface area (Å²) in [6.45, 7) is 3.58. The first-order valence-electron chi connectivity index (χ1n) is 10.6. The van der Waals surface area contributed by atoms with E-state index >= 15 is 0 Å². The molecule has 0 fully saturated rings. The van der Waals surface area contributed by atoms with Gasteiger partial charge in [-0.1, -0.05) is 29.8 Å². The standard InChI is InChI=1S/C24H24N4O6S/c1-3-34-22-11-9-20(10-12-22)27(35(32,33)23-13-7-18(2)8-14-23)17-24(29)26-25-16-19-5-4-6-21(15-19)28(30)31/h4-16H,3,17H2,1-2H3,(H,26,29)/b25-16+. The maximum atomic E-state index is 13.4. The Morgan fingerprint density at radius 2 is 1.80 bits per heavy atom. The van der Waals surface area contributed by atoms with Crippen molar-refractivity contribution in [3.8, 4) is 5.75 Å². The zero-order chi connectivity index (χ0) is 25.4. The third-order valence-electron chi connectivity index (χ3n) is 4.82. The number of benzene rings is 3. The molecule has 0 aromatic heterocycles. The normalized spacial score (nSPS) is 11.3. The Labute approximate surface area is 203 Å². The molecule has 0 aliphatic carbocycles. The highest BCUT2D eigenvalue weighted by Gasteiger charge is 2.27. The first kappa shape index (κ1) is 25.4. The number of nitro benzene ring substituents is 1. The zero-order valence-corrected chi connectivity index (χ0v) is 19.9. The topological polar surface area (TPSA) is 131 Å². The van der Waals surface area contributed by atoms with Crippen molar-refractivity contribution in [3.05, 3.63) is 94.0 Å². The molecule has 3 aromatic rings. The van der Waals surface area contributed by atoms with Crippen LogP contribution in [0.2, 0.25) is 0 Å². The maximum absolute atomic E-state index is 13.4. The lowest BCUT2D eigenvalue weighted by atomic mass is 10.2. The number of sulfonamides is 1. The molecule has 182 valence electrons. The summed E-state index contributed by atoms with van der Waals surface area (Å²) in [7, 11) is -4.08. The van der Waals surface area contributed by atoms with Crippen molar-refractivity contribution in [1.82, 2.24) is 5.43 Å². The van der Waals surface area contributed by atoms with Crippen molar-refractivity contribution in [2.45, 2.75) is 18.7 Å². The number of amides is 1. The predicted molar refractivity (Wildman–Crippen MR) is 132 cm³/mol. The summed E-state index contributed by atoms with van der Waals surface area (Å²) >= 11 is 0. The minimum absolute atomic E-state index is 0.0323. The lowest BCUT2D eigenvalue weighted by Crippen LogP contribution is -2.39. The third-order valence-corrected chi connectivity index (χ3v) is 6.60. The molecule has 0 bridgehead atoms. The zero-order valence-electron chi connectivity index (χ0n) is 19.1. The van der Waals surface area contributed by atoms with Gasteiger partial charge in [0.1, 0.15) is 12.3 Å². The fourth-order valence-electron chi connectivity index (χ4n) is 3.09. The van der Waals surface area contributed by atoms with Crippen LogP contribution in [-0.2, 0) is 14.8 Å². The van der Waals surface area contributed by atoms with E-state index in [4.69, 9.17) is 4.74 Å². The largest absolute Gasteiger partial charge is 0.494 e. The van der Waals surface area contributed by atoms with E-state index in [1.54, 1.807) is 42.5 Å². The van der Waals surface area contributed by atoms with E-state index in [9.17, 15) is 23.3 Å². The van der Waals surface area contributed by atoms with Gasteiger partial charge in [0.05, 0.1) is 28.3 Å². The lowest BCUT2D eigenvalue weighted by molar-refractivity contribution is -0.384. The van der Waals surface area contributed by atoms with E-state index in [1.807, 2.05) is 13.8 Å². The molecule has 10 nitrogen and oxygen atoms in total. The highest BCUT2D eigenvalue weighted by atomic mass is 32.2. The number of carbonyl (C=O) groups excluding carboxylic acids is 1. The van der Waals surface area contributed by atoms with Crippen LogP contribution in [0.15, 0.2) is 82.8 Å². The van der Waals surface area contributed by atoms with E-state index < -0.39 is 27.4 Å². The highest BCUT2D eigenvalue weighted by Crippen LogP contribution is 2.26. The molecular weight excluding hydrogens is 472 g/mol. The van der Waals surface area contributed by atoms with Crippen LogP contribution in [0.3, 0.4) is 0 Å². The van der Waals surface area contributed by atoms with Crippen LogP contribution >= 0.6 is 0 Å². The van der Waals surface area contributed by atoms with Gasteiger partial charge in [-0.3, -0.25) is 19.2 Å². The molecule has 1 N–H and O–H groups in total. The Hall–Kier alpha value is -4.25. The van der Waals surface area contributed by atoms with Crippen molar-refractivity contribution >= 4 is 33.5 Å². The van der Waals surface area contributed by atoms with Gasteiger partial charge in [-0.05, 0) is 50.2 Å². The van der Waals surface area contributed by atoms with E-state index in [0.29, 0.717) is 17.9 Å². The molecule has 0 heterocycles. The van der Waals surface area contributed by atoms with E-state index in [2.05, 4.69) is 10.5 Å². The van der Waals surface area contributed by atoms with Gasteiger partial charge in [0, 0.05) is 17.7 Å². The van der Waals surface area contributed by atoms with E-state index in [1.165, 1.54) is 36.5 Å². The van der Waals surface area contributed by atoms with E-state index in [0.717, 1.165) is 9.87 Å². The fourth-order valence-corrected chi connectivity index (χ4v) is 4.51. The monoisotopic (exact) mass is 496 g/mol. The number of nitro groups is 1. The van der Waals surface area contributed by atoms with Crippen molar-refractivity contribution < 1.29 is 22.9 Å². The summed E-state index contributed by atoms with van der Waals surface area (Å²) in [6, 6.07) is 18.3. The van der Waals surface area contributed by atoms with Gasteiger partial charge in [-0.2, -0.15) is 5.10 Å². The van der Waals surface area contributed by atoms with Crippen LogP contribution in [-0.4, -0.2) is 38.6 Å². The summed E-state index contributed by atoms with van der Waals surface area (Å²) < 4.78 is 33.2. The maximum Gasteiger partial charge on any atom is 0.270 e. The molecule has 0 aliphatic rings. The minimum Gasteiger partial charge on any atom is -0.494 e. The molecule has 0 saturated heterocycles. The Kier molecular flexibility index (Phi) is 8.16. The van der Waals surface area contributed by atoms with Gasteiger partial charge >= 0.3 is 0 Å². The Balaban J connectivity index is 1.83. The van der Waals surface area contributed by atoms with Crippen LogP contribution in [0.25, 0.3) is 0 Å². The van der Waals surface area contributed by atoms with Crippen molar-refractivity contribution in [3.63, 3.8) is 0 Å². The van der Waals surface area contributed by atoms with Crippen LogP contribution in [0.1, 0.15) is 18.1 Å². The number of carbonyl (C=O) groups is 1. The molecule has 0 saturated carbocycles. The Morgan fingerprint density at radius 3 is 2.43 bits per heavy atom. The molecule has 0 radical (unpaired) electrons. The molecule has 0 spiro atoms. The SMILES string of the molecule is CCOc1ccc(N(CC(=O)N/N=C/c2cccc([N+](=O)[O-])c2)S(=O)(=O)c2ccc(C)cc2)cc1. The average Bonchev–Trinajstić information content (AvgIpc) is 2.84. The van der Waals surface area contributed by atoms with Crippen molar-refractivity contribution in [2.24, 2.45) is 5.10 Å². The summed E-state index contributed by atoms with van der Waals surface area (Å²) in [4.78, 5) is 23.0. The third kappa shape index (κ3) is 6.64. The summed E-state index contributed by atoms with van der Waals surface area (Å²) in [5.74, 6) is -0.133. The molecule has 11 heteroatoms. The van der Waals surface area contributed by atoms with E-state index in [-0.39, 0.29) is 16.3 Å². The predicted octanol–water partition coefficient (Wildman–Crippen LogP) is 3.65. The number of nitrogens with one attached hydrogen (secondary N) is 1. The second-order valence-corrected chi connectivity index (χ2v) is 9.26. The summed E-state index contributed by atoms with van der Waals surface area (Å²) in [5.41, 5.74) is 3.72. The number of rotatable bonds is 10. The first-order valence-corrected chi connectivity index (χ1v) is 12.0. The molecule has 3 rings (SSSR count). The number of hydrogen-bond acceptors (Lipinski definition) is 7. The second-order valence-electron chi connectivity index (χ2n) is 7.40. The van der Waals surface area contributed by atoms with Crippen LogP contribution < -0.4 is 14.5 Å². The van der Waals surface area contributed by atoms with Gasteiger partial charge < -0.3 is 4.74 Å². The smallest absolute Gasteiger partial charge is 0.270 e. The van der Waals surface area contributed by atoms with Crippen LogP contribution in [0, 0.1) is 17.0 Å². The Morgan fingerprint density at radius 1 is 1.11 bits per heavy atom. The van der Waals surface area contributed by atoms with Gasteiger partial charge in [-0.25, -0.2) is 13.8 Å². The van der Waals surface area contributed by atoms with Crippen molar-refractivity contribution in [1.29, 1.82) is 0 Å². The molecule has 3 aromatic carbocycles. The number of nitrogens with zero attached hydrogens (tertiary/aromatic N) is 3. The number of ether oxygens (including phenoxy) is 1. The molecule has 0 unspecified atom stereocenters. The molecule has 35 heavy (non-hydrogen) atoms. The quantitative estimate of drug-likeness (QED) is 0.259. The fraction of sp³-hybridized carbons (Fsp3) is 0.167. The van der Waals surface area contributed by atoms with Gasteiger partial charge in [-0.15, -0.1) is 0 Å². The number of anilines is 1. The number of hydrogen-bond donors (Lipinski definition) is 1. The van der Waals surface area contributed by atoms with Gasteiger partial charge in [0.25, 0.3) is 21.6 Å². The molecule has 1 amide bonds. The minimum atomic E-state index is -4.08. The Bertz CT molecular complexity index is 1320. The summed E-state index contributed by atoms with van der Waals surface area (Å²) in [5, 5.41) is 14.7. The second kappa shape index (κ2) is 11.3. The van der Waals surface area contributed by atoms with Crippen LogP contribution in [0.4, 0.5) is 11.4 Å². The first-order chi connectivity index (χ1) is 16.7. The van der Waals surface area contributed by atoms with Crippen molar-refractivity contribution in [2.75, 3.05) is 17.5 Å². The number of non-ortho nitro benzene ring substituents is 1. The lowest BCUT2D eigenvalue weighted by Gasteiger charge is -2.24. The van der Waals surface area contributed by atoms with Crippen LogP contribution in [0.5, 0.6) is 5.75 Å². The number of hydrazone groups is 1. The molecule has 0 atom stereocenters. The highest BCUT2D eigenvalue weighted by molar-refractivity contribution is 7.92. The number of aryl methyl sites for hydroxylation is 1. The van der Waals surface area contributed by atoms with Gasteiger partial charge in [0.2, 0.25) is 0 Å². The summed E-state index contributed by atoms with van der Waals surface area (Å²) in [6.07, 6.45) is 1.24. The molecular formula is C24H24N4O6S. The van der Waals surface area contributed by atoms with Gasteiger partial charge in [0.15, 0.2) is 0 Å². The molecule has 0 aliphatic heterocycles. The average molecular weight is 497 g/mol.